The summed E-state index contributed by atoms with van der Waals surface area (Å²) in [6.45, 7) is 0. The Bertz CT molecular complexity index is 1280. The van der Waals surface area contributed by atoms with Crippen LogP contribution in [0, 0.1) is 0 Å². The molecule has 4 aromatic rings. The topological polar surface area (TPSA) is 70.5 Å². The van der Waals surface area contributed by atoms with Crippen LogP contribution in [-0.4, -0.2) is 12.1 Å². The number of halogens is 6. The molecular weight excluding hydrogens is 498 g/mol. The van der Waals surface area contributed by atoms with Gasteiger partial charge in [0.1, 0.15) is 23.0 Å². The lowest BCUT2D eigenvalue weighted by Gasteiger charge is -2.35. The molecule has 4 nitrogen and oxygen atoms in total. The average molecular weight is 518 g/mol. The van der Waals surface area contributed by atoms with Crippen LogP contribution in [0.5, 0.6) is 23.0 Å². The van der Waals surface area contributed by atoms with Gasteiger partial charge in [0.15, 0.2) is 0 Å². The number of alkyl halides is 6. The molecule has 0 unspecified atom stereocenters. The summed E-state index contributed by atoms with van der Waals surface area (Å²) < 4.78 is 97.1. The maximum Gasteiger partial charge on any atom is 0.457 e. The minimum absolute atomic E-state index is 0.0588. The summed E-state index contributed by atoms with van der Waals surface area (Å²) in [7, 11) is 0. The number of anilines is 2. The minimum atomic E-state index is -6.19. The highest BCUT2D eigenvalue weighted by Crippen LogP contribution is 2.54. The van der Waals surface area contributed by atoms with Gasteiger partial charge in [-0.05, 0) is 48.5 Å². The summed E-state index contributed by atoms with van der Waals surface area (Å²) in [5, 5.41) is 0. The number of hydrogen-bond donors (Lipinski definition) is 2. The molecule has 0 amide bonds. The van der Waals surface area contributed by atoms with Gasteiger partial charge >= 0.3 is 12.1 Å². The van der Waals surface area contributed by atoms with Gasteiger partial charge in [-0.2, -0.15) is 22.0 Å². The number of nitrogens with two attached hydrogens (primary N) is 2. The molecule has 0 radical (unpaired) electrons. The third-order valence-electron chi connectivity index (χ3n) is 5.59. The Morgan fingerprint density at radius 3 is 1.16 bits per heavy atom. The van der Waals surface area contributed by atoms with Crippen molar-refractivity contribution in [2.75, 3.05) is 11.5 Å². The molecule has 4 aromatic carbocycles. The Balaban J connectivity index is 1.71. The molecule has 0 saturated carbocycles. The van der Waals surface area contributed by atoms with E-state index in [2.05, 4.69) is 0 Å². The number of ether oxygens (including phenoxy) is 2. The Labute approximate surface area is 208 Å². The summed E-state index contributed by atoms with van der Waals surface area (Å²) in [6.07, 6.45) is -6.19. The molecule has 192 valence electrons. The highest BCUT2D eigenvalue weighted by Gasteiger charge is 2.72. The second-order valence-corrected chi connectivity index (χ2v) is 8.06. The van der Waals surface area contributed by atoms with Crippen molar-refractivity contribution in [2.24, 2.45) is 0 Å². The summed E-state index contributed by atoms with van der Waals surface area (Å²) in [5.41, 5.74) is 6.01. The summed E-state index contributed by atoms with van der Waals surface area (Å²) in [6, 6.07) is 20.3. The molecule has 0 aliphatic heterocycles. The normalized spacial score (nSPS) is 12.3. The Kier molecular flexibility index (Phi) is 6.68. The van der Waals surface area contributed by atoms with Crippen molar-refractivity contribution in [3.05, 3.63) is 108 Å². The lowest BCUT2D eigenvalue weighted by atomic mass is 9.82. The molecule has 0 bridgehead atoms. The van der Waals surface area contributed by atoms with Crippen molar-refractivity contribution in [3.8, 4) is 23.0 Å². The van der Waals surface area contributed by atoms with Gasteiger partial charge in [0.25, 0.3) is 0 Å². The molecule has 4 rings (SSSR count). The van der Waals surface area contributed by atoms with Crippen LogP contribution >= 0.6 is 0 Å². The van der Waals surface area contributed by atoms with E-state index >= 15 is 4.39 Å². The van der Waals surface area contributed by atoms with Crippen LogP contribution in [0.4, 0.5) is 37.7 Å². The first kappa shape index (κ1) is 25.7. The maximum absolute atomic E-state index is 16.2. The van der Waals surface area contributed by atoms with Gasteiger partial charge < -0.3 is 20.9 Å². The van der Waals surface area contributed by atoms with E-state index in [0.717, 1.165) is 48.5 Å². The first-order valence-corrected chi connectivity index (χ1v) is 10.8. The van der Waals surface area contributed by atoms with E-state index in [-0.39, 0.29) is 34.4 Å². The molecule has 0 aliphatic carbocycles. The number of rotatable bonds is 7. The standard InChI is InChI=1S/C27H20F6N2O2/c28-25(26(29,30)27(31,32)33,17-9-13-19(14-10-17)36-23-7-3-1-5-21(23)34)18-11-15-20(16-12-18)37-24-8-4-2-6-22(24)35/h1-16H,34-35H2. The molecule has 0 atom stereocenters. The fourth-order valence-corrected chi connectivity index (χ4v) is 3.63. The fourth-order valence-electron chi connectivity index (χ4n) is 3.63. The lowest BCUT2D eigenvalue weighted by Crippen LogP contribution is -2.53. The summed E-state index contributed by atoms with van der Waals surface area (Å²) >= 11 is 0. The highest BCUT2D eigenvalue weighted by molar-refractivity contribution is 5.55. The molecule has 0 heterocycles. The first-order valence-electron chi connectivity index (χ1n) is 10.8. The molecule has 4 N–H and O–H groups in total. The number of para-hydroxylation sites is 4. The molecular formula is C27H20F6N2O2. The molecule has 0 saturated heterocycles. The molecule has 37 heavy (non-hydrogen) atoms. The second kappa shape index (κ2) is 9.61. The van der Waals surface area contributed by atoms with Crippen molar-refractivity contribution < 1.29 is 35.8 Å². The molecule has 0 fully saturated rings. The van der Waals surface area contributed by atoms with Gasteiger partial charge in [-0.25, -0.2) is 4.39 Å². The zero-order chi connectivity index (χ0) is 26.8. The van der Waals surface area contributed by atoms with Gasteiger partial charge in [-0.1, -0.05) is 48.5 Å². The van der Waals surface area contributed by atoms with E-state index in [9.17, 15) is 22.0 Å². The highest BCUT2D eigenvalue weighted by atomic mass is 19.4. The zero-order valence-corrected chi connectivity index (χ0v) is 19.0. The van der Waals surface area contributed by atoms with Crippen LogP contribution < -0.4 is 20.9 Å². The van der Waals surface area contributed by atoms with E-state index in [4.69, 9.17) is 20.9 Å². The third-order valence-corrected chi connectivity index (χ3v) is 5.59. The van der Waals surface area contributed by atoms with Gasteiger partial charge in [0, 0.05) is 11.1 Å². The minimum Gasteiger partial charge on any atom is -0.455 e. The zero-order valence-electron chi connectivity index (χ0n) is 19.0. The Hall–Kier alpha value is -4.34. The molecule has 10 heteroatoms. The number of hydrogen-bond acceptors (Lipinski definition) is 4. The van der Waals surface area contributed by atoms with E-state index in [1.165, 1.54) is 12.1 Å². The van der Waals surface area contributed by atoms with Crippen LogP contribution in [-0.2, 0) is 5.67 Å². The third kappa shape index (κ3) is 4.87. The second-order valence-electron chi connectivity index (χ2n) is 8.06. The van der Waals surface area contributed by atoms with E-state index < -0.39 is 28.9 Å². The van der Waals surface area contributed by atoms with Crippen LogP contribution in [0.1, 0.15) is 11.1 Å². The smallest absolute Gasteiger partial charge is 0.455 e. The quantitative estimate of drug-likeness (QED) is 0.193. The van der Waals surface area contributed by atoms with Crippen molar-refractivity contribution >= 4 is 11.4 Å². The predicted octanol–water partition coefficient (Wildman–Crippen LogP) is 7.85. The largest absolute Gasteiger partial charge is 0.457 e. The summed E-state index contributed by atoms with van der Waals surface area (Å²) in [5.74, 6) is -5.19. The monoisotopic (exact) mass is 518 g/mol. The summed E-state index contributed by atoms with van der Waals surface area (Å²) in [4.78, 5) is 0. The van der Waals surface area contributed by atoms with E-state index in [0.29, 0.717) is 0 Å². The van der Waals surface area contributed by atoms with Crippen molar-refractivity contribution in [3.63, 3.8) is 0 Å². The number of nitrogen functional groups attached to an aromatic ring is 2. The fraction of sp³-hybridized carbons (Fsp3) is 0.111. The van der Waals surface area contributed by atoms with Gasteiger partial charge in [-0.3, -0.25) is 0 Å². The van der Waals surface area contributed by atoms with Crippen LogP contribution in [0.3, 0.4) is 0 Å². The maximum atomic E-state index is 16.2. The van der Waals surface area contributed by atoms with Crippen LogP contribution in [0.2, 0.25) is 0 Å². The van der Waals surface area contributed by atoms with Gasteiger partial charge in [0.2, 0.25) is 5.67 Å². The van der Waals surface area contributed by atoms with Gasteiger partial charge in [-0.15, -0.1) is 0 Å². The van der Waals surface area contributed by atoms with E-state index in [1.807, 2.05) is 0 Å². The average Bonchev–Trinajstić information content (AvgIpc) is 2.86. The van der Waals surface area contributed by atoms with Gasteiger partial charge in [0.05, 0.1) is 11.4 Å². The number of benzene rings is 4. The van der Waals surface area contributed by atoms with E-state index in [1.54, 1.807) is 36.4 Å². The SMILES string of the molecule is Nc1ccccc1Oc1ccc(C(F)(c2ccc(Oc3ccccc3N)cc2)C(F)(F)C(F)(F)F)cc1. The molecule has 0 aliphatic rings. The van der Waals surface area contributed by atoms with Crippen LogP contribution in [0.15, 0.2) is 97.1 Å². The lowest BCUT2D eigenvalue weighted by molar-refractivity contribution is -0.323. The molecule has 0 spiro atoms. The van der Waals surface area contributed by atoms with Crippen molar-refractivity contribution in [2.45, 2.75) is 17.8 Å². The van der Waals surface area contributed by atoms with Crippen molar-refractivity contribution in [1.82, 2.24) is 0 Å². The Morgan fingerprint density at radius 2 is 0.838 bits per heavy atom. The molecule has 0 aromatic heterocycles. The van der Waals surface area contributed by atoms with Crippen molar-refractivity contribution in [1.29, 1.82) is 0 Å². The Morgan fingerprint density at radius 1 is 0.486 bits per heavy atom. The predicted molar refractivity (Wildman–Crippen MR) is 128 cm³/mol. The van der Waals surface area contributed by atoms with Crippen LogP contribution in [0.25, 0.3) is 0 Å². The first-order chi connectivity index (χ1) is 17.4.